The lowest BCUT2D eigenvalue weighted by Crippen LogP contribution is -2.58. The fourth-order valence-electron chi connectivity index (χ4n) is 5.16. The zero-order chi connectivity index (χ0) is 25.8. The molecular weight excluding hydrogens is 466 g/mol. The monoisotopic (exact) mass is 501 g/mol. The van der Waals surface area contributed by atoms with E-state index in [0.717, 1.165) is 5.52 Å². The second-order valence-corrected chi connectivity index (χ2v) is 9.86. The van der Waals surface area contributed by atoms with Crippen LogP contribution >= 0.6 is 0 Å². The molecule has 4 rings (SSSR count). The third kappa shape index (κ3) is 5.46. The molecule has 2 aromatic rings. The van der Waals surface area contributed by atoms with E-state index in [1.165, 1.54) is 4.90 Å². The maximum atomic E-state index is 14.0. The maximum absolute atomic E-state index is 14.0. The lowest BCUT2D eigenvalue weighted by Gasteiger charge is -2.43. The van der Waals surface area contributed by atoms with Crippen LogP contribution in [0.1, 0.15) is 30.9 Å². The molecule has 11 nitrogen and oxygen atoms in total. The number of para-hydroxylation sites is 2. The zero-order valence-electron chi connectivity index (χ0n) is 20.9. The third-order valence-electron chi connectivity index (χ3n) is 6.80. The molecule has 2 atom stereocenters. The number of ether oxygens (including phenoxy) is 1. The molecule has 1 aromatic heterocycles. The molecule has 2 saturated heterocycles. The van der Waals surface area contributed by atoms with Gasteiger partial charge in [-0.3, -0.25) is 9.59 Å². The number of piperidine rings is 1. The Kier molecular flexibility index (Phi) is 8.10. The van der Waals surface area contributed by atoms with Crippen molar-refractivity contribution >= 4 is 28.9 Å². The Bertz CT molecular complexity index is 1100. The Morgan fingerprint density at radius 3 is 2.53 bits per heavy atom. The standard InChI is InChI=1S/C25H35N5O6/c1-17(2)14-30(24(33)22-26-20-5-3-4-6-21(20)29(22)7-10-31)19-13-18(15-28(16-19)25(34)35)23(32)27-8-11-36-12-9-27/h3-6,17-19,31H,7-16H2,1-2H3,(H,34,35)/t18-,19+/m1/s1. The van der Waals surface area contributed by atoms with E-state index in [-0.39, 0.29) is 49.8 Å². The van der Waals surface area contributed by atoms with Gasteiger partial charge in [-0.05, 0) is 24.5 Å². The number of morpholine rings is 1. The van der Waals surface area contributed by atoms with Gasteiger partial charge in [0.15, 0.2) is 5.82 Å². The average Bonchev–Trinajstić information content (AvgIpc) is 3.25. The number of carboxylic acid groups (broad SMARTS) is 1. The number of nitrogens with zero attached hydrogens (tertiary/aromatic N) is 5. The smallest absolute Gasteiger partial charge is 0.407 e. The molecular formula is C25H35N5O6. The first-order valence-corrected chi connectivity index (χ1v) is 12.5. The van der Waals surface area contributed by atoms with E-state index in [4.69, 9.17) is 4.74 Å². The van der Waals surface area contributed by atoms with Gasteiger partial charge in [0.05, 0.1) is 42.8 Å². The van der Waals surface area contributed by atoms with Crippen LogP contribution in [0.2, 0.25) is 0 Å². The number of imidazole rings is 1. The number of carbonyl (C=O) groups is 3. The summed E-state index contributed by atoms with van der Waals surface area (Å²) in [5.74, 6) is -0.661. The molecule has 0 radical (unpaired) electrons. The van der Waals surface area contributed by atoms with E-state index in [9.17, 15) is 24.6 Å². The predicted octanol–water partition coefficient (Wildman–Crippen LogP) is 1.35. The topological polar surface area (TPSA) is 128 Å². The van der Waals surface area contributed by atoms with Crippen molar-refractivity contribution in [3.63, 3.8) is 0 Å². The van der Waals surface area contributed by atoms with Gasteiger partial charge >= 0.3 is 6.09 Å². The van der Waals surface area contributed by atoms with Crippen LogP contribution in [-0.2, 0) is 16.1 Å². The summed E-state index contributed by atoms with van der Waals surface area (Å²) in [4.78, 5) is 48.5. The van der Waals surface area contributed by atoms with Gasteiger partial charge in [-0.15, -0.1) is 0 Å². The van der Waals surface area contributed by atoms with Crippen LogP contribution in [0, 0.1) is 11.8 Å². The molecule has 0 bridgehead atoms. The number of hydrogen-bond acceptors (Lipinski definition) is 6. The van der Waals surface area contributed by atoms with Crippen LogP contribution < -0.4 is 0 Å². The van der Waals surface area contributed by atoms with E-state index in [0.29, 0.717) is 44.8 Å². The van der Waals surface area contributed by atoms with Gasteiger partial charge in [-0.2, -0.15) is 0 Å². The lowest BCUT2D eigenvalue weighted by molar-refractivity contribution is -0.142. The largest absolute Gasteiger partial charge is 0.465 e. The number of hydrogen-bond donors (Lipinski definition) is 2. The Morgan fingerprint density at radius 2 is 1.86 bits per heavy atom. The van der Waals surface area contributed by atoms with Crippen molar-refractivity contribution in [2.45, 2.75) is 32.9 Å². The Labute approximate surface area is 210 Å². The molecule has 0 saturated carbocycles. The molecule has 0 aliphatic carbocycles. The molecule has 196 valence electrons. The Morgan fingerprint density at radius 1 is 1.14 bits per heavy atom. The quantitative estimate of drug-likeness (QED) is 0.586. The highest BCUT2D eigenvalue weighted by Crippen LogP contribution is 2.27. The van der Waals surface area contributed by atoms with E-state index in [1.54, 1.807) is 14.4 Å². The first kappa shape index (κ1) is 25.9. The molecule has 2 N–H and O–H groups in total. The highest BCUT2D eigenvalue weighted by atomic mass is 16.5. The third-order valence-corrected chi connectivity index (χ3v) is 6.80. The summed E-state index contributed by atoms with van der Waals surface area (Å²) in [5.41, 5.74) is 1.39. The molecule has 2 fully saturated rings. The molecule has 2 aliphatic rings. The number of aliphatic hydroxyl groups excluding tert-OH is 1. The van der Waals surface area contributed by atoms with Crippen LogP contribution in [0.15, 0.2) is 24.3 Å². The summed E-state index contributed by atoms with van der Waals surface area (Å²) in [5, 5.41) is 19.5. The second kappa shape index (κ2) is 11.3. The molecule has 3 amide bonds. The summed E-state index contributed by atoms with van der Waals surface area (Å²) < 4.78 is 7.07. The number of likely N-dealkylation sites (tertiary alicyclic amines) is 1. The van der Waals surface area contributed by atoms with Crippen molar-refractivity contribution in [3.05, 3.63) is 30.1 Å². The summed E-state index contributed by atoms with van der Waals surface area (Å²) >= 11 is 0. The number of fused-ring (bicyclic) bond motifs is 1. The fourth-order valence-corrected chi connectivity index (χ4v) is 5.16. The lowest BCUT2D eigenvalue weighted by atomic mass is 9.91. The van der Waals surface area contributed by atoms with Crippen molar-refractivity contribution in [2.24, 2.45) is 11.8 Å². The van der Waals surface area contributed by atoms with Crippen molar-refractivity contribution in [1.29, 1.82) is 0 Å². The minimum Gasteiger partial charge on any atom is -0.465 e. The maximum Gasteiger partial charge on any atom is 0.407 e. The Hall–Kier alpha value is -3.18. The van der Waals surface area contributed by atoms with Crippen LogP contribution in [0.4, 0.5) is 4.79 Å². The van der Waals surface area contributed by atoms with Gasteiger partial charge in [0, 0.05) is 39.3 Å². The van der Waals surface area contributed by atoms with E-state index < -0.39 is 18.1 Å². The van der Waals surface area contributed by atoms with Gasteiger partial charge in [-0.25, -0.2) is 9.78 Å². The van der Waals surface area contributed by atoms with E-state index in [2.05, 4.69) is 4.98 Å². The molecule has 2 aliphatic heterocycles. The zero-order valence-corrected chi connectivity index (χ0v) is 20.9. The van der Waals surface area contributed by atoms with Gasteiger partial charge in [0.2, 0.25) is 5.91 Å². The number of benzene rings is 1. The van der Waals surface area contributed by atoms with E-state index in [1.807, 2.05) is 38.1 Å². The first-order chi connectivity index (χ1) is 17.3. The number of carbonyl (C=O) groups excluding carboxylic acids is 2. The number of amides is 3. The number of aliphatic hydroxyl groups is 1. The first-order valence-electron chi connectivity index (χ1n) is 12.5. The number of aromatic nitrogens is 2. The average molecular weight is 502 g/mol. The fraction of sp³-hybridized carbons (Fsp3) is 0.600. The van der Waals surface area contributed by atoms with Crippen molar-refractivity contribution in [3.8, 4) is 0 Å². The van der Waals surface area contributed by atoms with Gasteiger partial charge in [0.1, 0.15) is 0 Å². The molecule has 36 heavy (non-hydrogen) atoms. The second-order valence-electron chi connectivity index (χ2n) is 9.86. The summed E-state index contributed by atoms with van der Waals surface area (Å²) in [7, 11) is 0. The van der Waals surface area contributed by atoms with Crippen LogP contribution in [0.25, 0.3) is 11.0 Å². The molecule has 11 heteroatoms. The Balaban J connectivity index is 1.67. The summed E-state index contributed by atoms with van der Waals surface area (Å²) in [6.07, 6.45) is -0.734. The summed E-state index contributed by atoms with van der Waals surface area (Å²) in [6.45, 7) is 6.54. The molecule has 3 heterocycles. The minimum absolute atomic E-state index is 0.0984. The predicted molar refractivity (Wildman–Crippen MR) is 132 cm³/mol. The van der Waals surface area contributed by atoms with Crippen LogP contribution in [-0.4, -0.2) is 111 Å². The molecule has 1 aromatic carbocycles. The number of rotatable bonds is 7. The van der Waals surface area contributed by atoms with E-state index >= 15 is 0 Å². The van der Waals surface area contributed by atoms with Crippen LogP contribution in [0.3, 0.4) is 0 Å². The van der Waals surface area contributed by atoms with Gasteiger partial charge < -0.3 is 34.2 Å². The molecule has 0 unspecified atom stereocenters. The van der Waals surface area contributed by atoms with Crippen molar-refractivity contribution in [2.75, 3.05) is 52.5 Å². The molecule has 0 spiro atoms. The highest BCUT2D eigenvalue weighted by molar-refractivity contribution is 5.95. The van der Waals surface area contributed by atoms with Crippen molar-refractivity contribution < 1.29 is 29.3 Å². The van der Waals surface area contributed by atoms with Crippen LogP contribution in [0.5, 0.6) is 0 Å². The summed E-state index contributed by atoms with van der Waals surface area (Å²) in [6, 6.07) is 6.88. The van der Waals surface area contributed by atoms with Gasteiger partial charge in [0.25, 0.3) is 5.91 Å². The highest BCUT2D eigenvalue weighted by Gasteiger charge is 2.40. The van der Waals surface area contributed by atoms with Gasteiger partial charge in [-0.1, -0.05) is 26.0 Å². The SMILES string of the molecule is CC(C)CN(C(=O)c1nc2ccccc2n1CCO)[C@H]1C[C@@H](C(=O)N2CCOCC2)CN(C(=O)O)C1. The normalized spacial score (nSPS) is 20.7. The minimum atomic E-state index is -1.11. The van der Waals surface area contributed by atoms with Crippen molar-refractivity contribution in [1.82, 2.24) is 24.3 Å².